The van der Waals surface area contributed by atoms with Crippen LogP contribution in [0.1, 0.15) is 6.23 Å². The number of nitrogens with zero attached hydrogens (tertiary/aromatic N) is 5. The lowest BCUT2D eigenvalue weighted by molar-refractivity contribution is -0.339. The zero-order valence-corrected chi connectivity index (χ0v) is 15.9. The predicted octanol–water partition coefficient (Wildman–Crippen LogP) is -2.97. The molecule has 29 heavy (non-hydrogen) atoms. The van der Waals surface area contributed by atoms with E-state index in [-0.39, 0.29) is 5.65 Å². The fraction of sp³-hybridized carbons (Fsp3) is 0.417. The van der Waals surface area contributed by atoms with Crippen LogP contribution in [-0.4, -0.2) is 59.1 Å². The number of fused-ring (bicyclic) bond motifs is 3. The van der Waals surface area contributed by atoms with E-state index in [1.165, 1.54) is 17.2 Å². The van der Waals surface area contributed by atoms with Gasteiger partial charge < -0.3 is 38.7 Å². The topological polar surface area (TPSA) is 219 Å². The van der Waals surface area contributed by atoms with Gasteiger partial charge in [0.2, 0.25) is 0 Å². The summed E-state index contributed by atoms with van der Waals surface area (Å²) in [5.41, 5.74) is 1.16. The molecule has 158 valence electrons. The van der Waals surface area contributed by atoms with Crippen molar-refractivity contribution in [1.82, 2.24) is 23.9 Å². The average molecular weight is 448 g/mol. The molecule has 3 aromatic rings. The molecule has 5 atom stereocenters. The number of hydrogen-bond donors (Lipinski definition) is 2. The van der Waals surface area contributed by atoms with Crippen molar-refractivity contribution < 1.29 is 47.6 Å². The molecule has 1 aliphatic heterocycles. The molecule has 0 aliphatic carbocycles. The van der Waals surface area contributed by atoms with Gasteiger partial charge in [-0.3, -0.25) is 17.8 Å². The van der Waals surface area contributed by atoms with Crippen LogP contribution in [-0.2, 0) is 22.7 Å². The van der Waals surface area contributed by atoms with E-state index in [0.717, 1.165) is 0 Å². The summed E-state index contributed by atoms with van der Waals surface area (Å²) in [5, 5.41) is 20.4. The number of hydrogen-bond acceptors (Lipinski definition) is 13. The van der Waals surface area contributed by atoms with Crippen LogP contribution in [0.2, 0.25) is 0 Å². The zero-order valence-electron chi connectivity index (χ0n) is 14.1. The van der Waals surface area contributed by atoms with Gasteiger partial charge in [-0.15, -0.1) is 0 Å². The molecule has 0 saturated carbocycles. The summed E-state index contributed by atoms with van der Waals surface area (Å²) in [4.78, 5) is 44.7. The van der Waals surface area contributed by atoms with Crippen molar-refractivity contribution in [2.45, 2.75) is 24.5 Å². The first-order valence-corrected chi connectivity index (χ1v) is 10.8. The van der Waals surface area contributed by atoms with E-state index in [1.807, 2.05) is 0 Å². The highest BCUT2D eigenvalue weighted by atomic mass is 31.3. The van der Waals surface area contributed by atoms with Crippen molar-refractivity contribution >= 4 is 32.5 Å². The van der Waals surface area contributed by atoms with Crippen molar-refractivity contribution in [3.05, 3.63) is 25.0 Å². The maximum atomic E-state index is 11.4. The SMILES string of the molecule is O=P([O-])([O-])OP(=O)([O-])OCC1OC(n2cnc3c2ncn2ccnc32)C(O)C1O. The largest absolute Gasteiger partial charge is 0.790 e. The van der Waals surface area contributed by atoms with Gasteiger partial charge >= 0.3 is 0 Å². The van der Waals surface area contributed by atoms with Crippen LogP contribution in [0.25, 0.3) is 16.8 Å². The van der Waals surface area contributed by atoms with Gasteiger partial charge in [0.15, 0.2) is 23.0 Å². The molecule has 5 unspecified atom stereocenters. The Balaban J connectivity index is 1.54. The average Bonchev–Trinajstić information content (AvgIpc) is 3.29. The van der Waals surface area contributed by atoms with Crippen molar-refractivity contribution in [2.24, 2.45) is 0 Å². The lowest BCUT2D eigenvalue weighted by Gasteiger charge is -2.35. The molecular weight excluding hydrogens is 436 g/mol. The zero-order chi connectivity index (χ0) is 21.0. The minimum Gasteiger partial charge on any atom is -0.790 e. The number of aliphatic hydroxyl groups excluding tert-OH is 2. The Labute approximate surface area is 161 Å². The Bertz CT molecular complexity index is 1140. The third-order valence-electron chi connectivity index (χ3n) is 4.16. The van der Waals surface area contributed by atoms with Gasteiger partial charge in [0.05, 0.1) is 20.8 Å². The maximum absolute atomic E-state index is 11.4. The number of ether oxygens (including phenoxy) is 1. The third-order valence-corrected chi connectivity index (χ3v) is 6.23. The normalized spacial score (nSPS) is 27.6. The Morgan fingerprint density at radius 3 is 2.59 bits per heavy atom. The Hall–Kier alpha value is -1.77. The molecule has 4 heterocycles. The minimum absolute atomic E-state index is 0.276. The van der Waals surface area contributed by atoms with Gasteiger partial charge in [-0.2, -0.15) is 0 Å². The van der Waals surface area contributed by atoms with E-state index in [0.29, 0.717) is 11.2 Å². The van der Waals surface area contributed by atoms with Crippen LogP contribution in [0.3, 0.4) is 0 Å². The molecule has 17 heteroatoms. The van der Waals surface area contributed by atoms with Gasteiger partial charge in [0.1, 0.15) is 24.6 Å². The molecule has 1 fully saturated rings. The van der Waals surface area contributed by atoms with E-state index in [4.69, 9.17) is 4.74 Å². The van der Waals surface area contributed by atoms with Gasteiger partial charge in [-0.1, -0.05) is 0 Å². The van der Waals surface area contributed by atoms with Crippen molar-refractivity contribution in [3.63, 3.8) is 0 Å². The second-order valence-corrected chi connectivity index (χ2v) is 8.75. The fourth-order valence-electron chi connectivity index (χ4n) is 2.94. The number of rotatable bonds is 6. The van der Waals surface area contributed by atoms with Crippen LogP contribution in [0, 0.1) is 0 Å². The highest BCUT2D eigenvalue weighted by Crippen LogP contribution is 2.50. The molecule has 3 aromatic heterocycles. The van der Waals surface area contributed by atoms with Crippen LogP contribution in [0.5, 0.6) is 0 Å². The molecular formula is C12H12N5O10P2-3. The van der Waals surface area contributed by atoms with Crippen molar-refractivity contribution in [3.8, 4) is 0 Å². The quantitative estimate of drug-likeness (QED) is 0.360. The summed E-state index contributed by atoms with van der Waals surface area (Å²) < 4.78 is 37.7. The van der Waals surface area contributed by atoms with E-state index in [2.05, 4.69) is 23.8 Å². The third kappa shape index (κ3) is 3.98. The molecule has 0 bridgehead atoms. The van der Waals surface area contributed by atoms with Crippen molar-refractivity contribution in [2.75, 3.05) is 6.61 Å². The van der Waals surface area contributed by atoms with E-state index >= 15 is 0 Å². The van der Waals surface area contributed by atoms with E-state index in [1.54, 1.807) is 16.8 Å². The summed E-state index contributed by atoms with van der Waals surface area (Å²) >= 11 is 0. The highest BCUT2D eigenvalue weighted by Gasteiger charge is 2.45. The molecule has 2 N–H and O–H groups in total. The smallest absolute Gasteiger partial charge is 0.271 e. The minimum atomic E-state index is -5.85. The molecule has 0 aromatic carbocycles. The standard InChI is InChI=1S/C12H15N5O10P2/c18-8-6(3-25-29(23,24)27-28(20,21)22)26-12(9(8)19)17-5-14-7-10-13-1-2-16(10)4-15-11(7)17/h1-2,4-6,8-9,12,18-19H,3H2,(H,23,24)(H2,20,21,22)/p-3. The van der Waals surface area contributed by atoms with Crippen LogP contribution < -0.4 is 14.7 Å². The first-order chi connectivity index (χ1) is 13.6. The second-order valence-electron chi connectivity index (χ2n) is 6.04. The summed E-state index contributed by atoms with van der Waals surface area (Å²) in [6, 6.07) is 0. The summed E-state index contributed by atoms with van der Waals surface area (Å²) in [6.45, 7) is -0.917. The number of phosphoric ester groups is 1. The predicted molar refractivity (Wildman–Crippen MR) is 84.5 cm³/mol. The van der Waals surface area contributed by atoms with Crippen LogP contribution in [0.15, 0.2) is 25.0 Å². The number of aliphatic hydroxyl groups is 2. The fourth-order valence-corrected chi connectivity index (χ4v) is 4.44. The van der Waals surface area contributed by atoms with Crippen molar-refractivity contribution in [1.29, 1.82) is 0 Å². The summed E-state index contributed by atoms with van der Waals surface area (Å²) in [7, 11) is -11.4. The lowest BCUT2D eigenvalue weighted by Crippen LogP contribution is -2.34. The first kappa shape index (κ1) is 20.5. The molecule has 0 amide bonds. The van der Waals surface area contributed by atoms with E-state index in [9.17, 15) is 34.0 Å². The molecule has 0 radical (unpaired) electrons. The highest BCUT2D eigenvalue weighted by molar-refractivity contribution is 7.58. The molecule has 1 aliphatic rings. The lowest BCUT2D eigenvalue weighted by atomic mass is 10.1. The van der Waals surface area contributed by atoms with Crippen LogP contribution >= 0.6 is 15.6 Å². The van der Waals surface area contributed by atoms with E-state index < -0.39 is 46.8 Å². The monoisotopic (exact) mass is 448 g/mol. The molecule has 0 spiro atoms. The molecule has 15 nitrogen and oxygen atoms in total. The number of phosphoric acid groups is 2. The van der Waals surface area contributed by atoms with Crippen LogP contribution in [0.4, 0.5) is 0 Å². The summed E-state index contributed by atoms with van der Waals surface area (Å²) in [5.74, 6) is 0. The molecule has 1 saturated heterocycles. The van der Waals surface area contributed by atoms with Gasteiger partial charge in [-0.25, -0.2) is 15.0 Å². The number of aromatic nitrogens is 5. The first-order valence-electron chi connectivity index (χ1n) is 7.90. The van der Waals surface area contributed by atoms with Gasteiger partial charge in [-0.05, 0) is 0 Å². The number of imidazole rings is 2. The summed E-state index contributed by atoms with van der Waals surface area (Å²) in [6.07, 6.45) is 0.190. The maximum Gasteiger partial charge on any atom is 0.271 e. The Morgan fingerprint density at radius 1 is 1.10 bits per heavy atom. The molecule has 4 rings (SSSR count). The van der Waals surface area contributed by atoms with Gasteiger partial charge in [0, 0.05) is 12.4 Å². The Kier molecular flexibility index (Phi) is 5.07. The Morgan fingerprint density at radius 2 is 1.86 bits per heavy atom. The second kappa shape index (κ2) is 7.18. The van der Waals surface area contributed by atoms with Gasteiger partial charge in [0.25, 0.3) is 7.82 Å².